The van der Waals surface area contributed by atoms with E-state index >= 15 is 0 Å². The molecule has 20 heavy (non-hydrogen) atoms. The third-order valence-electron chi connectivity index (χ3n) is 3.20. The highest BCUT2D eigenvalue weighted by molar-refractivity contribution is 7.80. The molecule has 0 aliphatic carbocycles. The van der Waals surface area contributed by atoms with E-state index in [4.69, 9.17) is 12.2 Å². The molecule has 0 saturated heterocycles. The number of rotatable bonds is 4. The predicted molar refractivity (Wildman–Crippen MR) is 92.4 cm³/mol. The first-order valence-corrected chi connectivity index (χ1v) is 8.03. The molecule has 0 saturated carbocycles. The maximum atomic E-state index is 5.45. The molecule has 0 unspecified atom stereocenters. The van der Waals surface area contributed by atoms with Crippen LogP contribution in [0.2, 0.25) is 0 Å². The molecule has 2 aromatic rings. The summed E-state index contributed by atoms with van der Waals surface area (Å²) in [6.45, 7) is 6.48. The van der Waals surface area contributed by atoms with E-state index < -0.39 is 0 Å². The van der Waals surface area contributed by atoms with Crippen molar-refractivity contribution in [3.8, 4) is 0 Å². The Morgan fingerprint density at radius 1 is 1.15 bits per heavy atom. The number of benzene rings is 1. The van der Waals surface area contributed by atoms with Crippen LogP contribution < -0.4 is 10.6 Å². The number of thiophene rings is 1. The van der Waals surface area contributed by atoms with Crippen LogP contribution in [0.5, 0.6) is 0 Å². The zero-order chi connectivity index (χ0) is 14.5. The molecule has 0 spiro atoms. The van der Waals surface area contributed by atoms with E-state index in [9.17, 15) is 0 Å². The molecule has 0 aliphatic heterocycles. The molecule has 1 heterocycles. The van der Waals surface area contributed by atoms with E-state index in [1.54, 1.807) is 11.3 Å². The van der Waals surface area contributed by atoms with Crippen LogP contribution in [0, 0.1) is 12.8 Å². The summed E-state index contributed by atoms with van der Waals surface area (Å²) in [4.78, 5) is 1.31. The number of para-hydroxylation sites is 1. The van der Waals surface area contributed by atoms with Gasteiger partial charge in [0.25, 0.3) is 0 Å². The highest BCUT2D eigenvalue weighted by atomic mass is 32.1. The molecule has 0 amide bonds. The van der Waals surface area contributed by atoms with E-state index in [1.165, 1.54) is 10.4 Å². The van der Waals surface area contributed by atoms with Gasteiger partial charge >= 0.3 is 0 Å². The maximum absolute atomic E-state index is 5.45. The van der Waals surface area contributed by atoms with E-state index in [0.717, 1.165) is 5.69 Å². The maximum Gasteiger partial charge on any atom is 0.171 e. The standard InChI is InChI=1S/C16H20N2S2/c1-11(2)15(14-9-6-10-20-14)18-16(19)17-13-8-5-4-7-12(13)3/h4-11,15H,1-3H3,(H2,17,18,19)/t15-/m1/s1. The number of hydrogen-bond acceptors (Lipinski definition) is 2. The van der Waals surface area contributed by atoms with Gasteiger partial charge in [-0.05, 0) is 48.1 Å². The first kappa shape index (κ1) is 15.0. The molecule has 2 rings (SSSR count). The van der Waals surface area contributed by atoms with Gasteiger partial charge in [-0.2, -0.15) is 0 Å². The van der Waals surface area contributed by atoms with Crippen molar-refractivity contribution in [3.63, 3.8) is 0 Å². The summed E-state index contributed by atoms with van der Waals surface area (Å²) in [5.41, 5.74) is 2.24. The average Bonchev–Trinajstić information content (AvgIpc) is 2.92. The summed E-state index contributed by atoms with van der Waals surface area (Å²) < 4.78 is 0. The molecular formula is C16H20N2S2. The van der Waals surface area contributed by atoms with Crippen molar-refractivity contribution >= 4 is 34.4 Å². The Bertz CT molecular complexity index is 562. The number of hydrogen-bond donors (Lipinski definition) is 2. The minimum Gasteiger partial charge on any atom is -0.355 e. The third-order valence-corrected chi connectivity index (χ3v) is 4.37. The largest absolute Gasteiger partial charge is 0.355 e. The Labute approximate surface area is 130 Å². The van der Waals surface area contributed by atoms with Gasteiger partial charge in [0.05, 0.1) is 6.04 Å². The summed E-state index contributed by atoms with van der Waals surface area (Å²) in [6, 6.07) is 12.6. The lowest BCUT2D eigenvalue weighted by molar-refractivity contribution is 0.480. The van der Waals surface area contributed by atoms with Gasteiger partial charge in [-0.1, -0.05) is 38.1 Å². The van der Waals surface area contributed by atoms with Gasteiger partial charge in [0.2, 0.25) is 0 Å². The SMILES string of the molecule is Cc1ccccc1NC(=S)N[C@@H](c1cccs1)C(C)C. The Hall–Kier alpha value is -1.39. The van der Waals surface area contributed by atoms with Crippen molar-refractivity contribution in [2.24, 2.45) is 5.92 Å². The second-order valence-electron chi connectivity index (χ2n) is 5.15. The quantitative estimate of drug-likeness (QED) is 0.798. The lowest BCUT2D eigenvalue weighted by atomic mass is 10.0. The van der Waals surface area contributed by atoms with E-state index in [2.05, 4.69) is 55.0 Å². The van der Waals surface area contributed by atoms with Gasteiger partial charge in [-0.15, -0.1) is 11.3 Å². The van der Waals surface area contributed by atoms with Crippen molar-refractivity contribution in [1.82, 2.24) is 5.32 Å². The van der Waals surface area contributed by atoms with Crippen LogP contribution in [-0.4, -0.2) is 5.11 Å². The number of nitrogens with one attached hydrogen (secondary N) is 2. The Morgan fingerprint density at radius 3 is 2.50 bits per heavy atom. The zero-order valence-corrected chi connectivity index (χ0v) is 13.6. The molecule has 106 valence electrons. The van der Waals surface area contributed by atoms with Crippen LogP contribution in [0.1, 0.15) is 30.3 Å². The molecule has 2 nitrogen and oxygen atoms in total. The summed E-state index contributed by atoms with van der Waals surface area (Å²) in [5, 5.41) is 9.48. The van der Waals surface area contributed by atoms with E-state index in [-0.39, 0.29) is 6.04 Å². The van der Waals surface area contributed by atoms with Gasteiger partial charge in [0.15, 0.2) is 5.11 Å². The molecule has 0 radical (unpaired) electrons. The second kappa shape index (κ2) is 6.86. The van der Waals surface area contributed by atoms with Gasteiger partial charge < -0.3 is 10.6 Å². The zero-order valence-electron chi connectivity index (χ0n) is 12.0. The minimum atomic E-state index is 0.249. The highest BCUT2D eigenvalue weighted by Gasteiger charge is 2.17. The minimum absolute atomic E-state index is 0.249. The van der Waals surface area contributed by atoms with Crippen molar-refractivity contribution < 1.29 is 0 Å². The molecule has 0 bridgehead atoms. The molecule has 4 heteroatoms. The number of thiocarbonyl (C=S) groups is 1. The predicted octanol–water partition coefficient (Wildman–Crippen LogP) is 4.74. The van der Waals surface area contributed by atoms with Crippen LogP contribution in [-0.2, 0) is 0 Å². The summed E-state index contributed by atoms with van der Waals surface area (Å²) in [7, 11) is 0. The van der Waals surface area contributed by atoms with Crippen LogP contribution in [0.3, 0.4) is 0 Å². The van der Waals surface area contributed by atoms with Gasteiger partial charge in [0, 0.05) is 10.6 Å². The van der Waals surface area contributed by atoms with Gasteiger partial charge in [-0.25, -0.2) is 0 Å². The summed E-state index contributed by atoms with van der Waals surface area (Å²) in [5.74, 6) is 0.477. The Morgan fingerprint density at radius 2 is 1.90 bits per heavy atom. The molecule has 0 aliphatic rings. The summed E-state index contributed by atoms with van der Waals surface area (Å²) >= 11 is 7.21. The molecule has 2 N–H and O–H groups in total. The molecule has 1 aromatic carbocycles. The van der Waals surface area contributed by atoms with Crippen molar-refractivity contribution in [2.45, 2.75) is 26.8 Å². The third kappa shape index (κ3) is 3.81. The fourth-order valence-electron chi connectivity index (χ4n) is 2.05. The fraction of sp³-hybridized carbons (Fsp3) is 0.312. The van der Waals surface area contributed by atoms with E-state index in [1.807, 2.05) is 18.2 Å². The molecule has 1 atom stereocenters. The van der Waals surface area contributed by atoms with Gasteiger partial charge in [-0.3, -0.25) is 0 Å². The van der Waals surface area contributed by atoms with Crippen molar-refractivity contribution in [1.29, 1.82) is 0 Å². The van der Waals surface area contributed by atoms with Crippen molar-refractivity contribution in [3.05, 3.63) is 52.2 Å². The molecule has 1 aromatic heterocycles. The number of anilines is 1. The molecule has 0 fully saturated rings. The Kier molecular flexibility index (Phi) is 5.15. The highest BCUT2D eigenvalue weighted by Crippen LogP contribution is 2.26. The fourth-order valence-corrected chi connectivity index (χ4v) is 3.23. The number of aryl methyl sites for hydroxylation is 1. The smallest absolute Gasteiger partial charge is 0.171 e. The Balaban J connectivity index is 2.05. The lowest BCUT2D eigenvalue weighted by Crippen LogP contribution is -2.34. The van der Waals surface area contributed by atoms with Crippen LogP contribution in [0.15, 0.2) is 41.8 Å². The van der Waals surface area contributed by atoms with Crippen LogP contribution in [0.25, 0.3) is 0 Å². The summed E-state index contributed by atoms with van der Waals surface area (Å²) in [6.07, 6.45) is 0. The first-order chi connectivity index (χ1) is 9.58. The van der Waals surface area contributed by atoms with Gasteiger partial charge in [0.1, 0.15) is 0 Å². The second-order valence-corrected chi connectivity index (χ2v) is 6.54. The van der Waals surface area contributed by atoms with E-state index in [0.29, 0.717) is 11.0 Å². The molecular weight excluding hydrogens is 284 g/mol. The van der Waals surface area contributed by atoms with Crippen LogP contribution in [0.4, 0.5) is 5.69 Å². The topological polar surface area (TPSA) is 24.1 Å². The first-order valence-electron chi connectivity index (χ1n) is 6.74. The monoisotopic (exact) mass is 304 g/mol. The van der Waals surface area contributed by atoms with Crippen molar-refractivity contribution in [2.75, 3.05) is 5.32 Å². The van der Waals surface area contributed by atoms with Crippen LogP contribution >= 0.6 is 23.6 Å². The lowest BCUT2D eigenvalue weighted by Gasteiger charge is -2.23. The normalized spacial score (nSPS) is 12.2. The average molecular weight is 304 g/mol.